The van der Waals surface area contributed by atoms with Gasteiger partial charge in [-0.15, -0.1) is 0 Å². The Morgan fingerprint density at radius 2 is 1.58 bits per heavy atom. The van der Waals surface area contributed by atoms with Crippen molar-refractivity contribution < 1.29 is 13.2 Å². The first-order valence-corrected chi connectivity index (χ1v) is 12.7. The van der Waals surface area contributed by atoms with Crippen molar-refractivity contribution in [3.8, 4) is 0 Å². The van der Waals surface area contributed by atoms with E-state index in [0.29, 0.717) is 23.5 Å². The Kier molecular flexibility index (Phi) is 7.13. The number of hydrogen-bond donors (Lipinski definition) is 0. The van der Waals surface area contributed by atoms with E-state index in [-0.39, 0.29) is 10.8 Å². The number of amides is 1. The summed E-state index contributed by atoms with van der Waals surface area (Å²) in [7, 11) is -1.67. The molecule has 0 unspecified atom stereocenters. The fraction of sp³-hybridized carbons (Fsp3) is 0.391. The van der Waals surface area contributed by atoms with E-state index >= 15 is 0 Å². The zero-order valence-electron chi connectivity index (χ0n) is 18.7. The fourth-order valence-corrected chi connectivity index (χ4v) is 6.38. The number of carbonyl (C=O) groups excluding carboxylic acids is 1. The molecule has 31 heavy (non-hydrogen) atoms. The highest BCUT2D eigenvalue weighted by Gasteiger charge is 2.23. The third kappa shape index (κ3) is 4.66. The lowest BCUT2D eigenvalue weighted by atomic mass is 10.1. The molecule has 6 nitrogen and oxygen atoms in total. The number of sulfonamides is 1. The minimum absolute atomic E-state index is 0.199. The fourth-order valence-electron chi connectivity index (χ4n) is 3.59. The molecule has 0 bridgehead atoms. The molecule has 0 N–H and O–H groups in total. The predicted molar refractivity (Wildman–Crippen MR) is 126 cm³/mol. The minimum atomic E-state index is -3.57. The van der Waals surface area contributed by atoms with Crippen LogP contribution < -0.4 is 4.80 Å². The minimum Gasteiger partial charge on any atom is -0.319 e. The molecule has 0 saturated heterocycles. The van der Waals surface area contributed by atoms with Gasteiger partial charge in [-0.25, -0.2) is 8.42 Å². The van der Waals surface area contributed by atoms with Gasteiger partial charge in [-0.2, -0.15) is 9.30 Å². The van der Waals surface area contributed by atoms with Crippen molar-refractivity contribution in [3.63, 3.8) is 0 Å². The molecule has 2 aromatic carbocycles. The average Bonchev–Trinajstić information content (AvgIpc) is 3.08. The maximum atomic E-state index is 12.9. The van der Waals surface area contributed by atoms with Crippen LogP contribution in [0.5, 0.6) is 0 Å². The highest BCUT2D eigenvalue weighted by molar-refractivity contribution is 7.89. The van der Waals surface area contributed by atoms with Gasteiger partial charge in [-0.1, -0.05) is 37.3 Å². The van der Waals surface area contributed by atoms with E-state index in [1.807, 2.05) is 39.3 Å². The number of fused-ring (bicyclic) bond motifs is 1. The summed E-state index contributed by atoms with van der Waals surface area (Å²) in [6.45, 7) is 8.96. The van der Waals surface area contributed by atoms with E-state index in [9.17, 15) is 13.2 Å². The van der Waals surface area contributed by atoms with Gasteiger partial charge in [-0.3, -0.25) is 4.79 Å². The second-order valence-corrected chi connectivity index (χ2v) is 10.6. The van der Waals surface area contributed by atoms with E-state index in [0.717, 1.165) is 34.2 Å². The monoisotopic (exact) mass is 459 g/mol. The van der Waals surface area contributed by atoms with Gasteiger partial charge in [-0.05, 0) is 62.1 Å². The van der Waals surface area contributed by atoms with Crippen molar-refractivity contribution in [2.24, 2.45) is 12.0 Å². The van der Waals surface area contributed by atoms with Crippen molar-refractivity contribution in [2.75, 3.05) is 13.1 Å². The number of thiazole rings is 1. The van der Waals surface area contributed by atoms with Crippen molar-refractivity contribution in [1.82, 2.24) is 8.87 Å². The highest BCUT2D eigenvalue weighted by Crippen LogP contribution is 2.24. The van der Waals surface area contributed by atoms with Crippen molar-refractivity contribution >= 4 is 37.5 Å². The lowest BCUT2D eigenvalue weighted by molar-refractivity contribution is 0.0998. The molecule has 1 heterocycles. The van der Waals surface area contributed by atoms with Crippen LogP contribution >= 0.6 is 11.3 Å². The van der Waals surface area contributed by atoms with Crippen LogP contribution in [0.1, 0.15) is 48.2 Å². The van der Waals surface area contributed by atoms with Crippen LogP contribution in [-0.2, 0) is 17.1 Å². The Balaban J connectivity index is 1.94. The Morgan fingerprint density at radius 1 is 1.00 bits per heavy atom. The first kappa shape index (κ1) is 23.4. The van der Waals surface area contributed by atoms with Crippen LogP contribution in [-0.4, -0.2) is 36.3 Å². The van der Waals surface area contributed by atoms with Crippen molar-refractivity contribution in [2.45, 2.75) is 45.4 Å². The van der Waals surface area contributed by atoms with Gasteiger partial charge in [0.25, 0.3) is 5.91 Å². The smallest absolute Gasteiger partial charge is 0.279 e. The molecule has 0 spiro atoms. The maximum Gasteiger partial charge on any atom is 0.279 e. The third-order valence-corrected chi connectivity index (χ3v) is 8.41. The number of carbonyl (C=O) groups is 1. The predicted octanol–water partition coefficient (Wildman–Crippen LogP) is 4.41. The van der Waals surface area contributed by atoms with Gasteiger partial charge in [0.2, 0.25) is 10.0 Å². The molecule has 8 heteroatoms. The standard InChI is InChI=1S/C23H29N3O3S2/c1-6-14-26(15-7-2)31(28,29)19-12-10-18(11-13-19)22(27)24-23-25(5)20-16(3)8-9-17(4)21(20)30-23/h8-13H,6-7,14-15H2,1-5H3. The Morgan fingerprint density at radius 3 is 2.13 bits per heavy atom. The zero-order valence-corrected chi connectivity index (χ0v) is 20.3. The summed E-state index contributed by atoms with van der Waals surface area (Å²) in [4.78, 5) is 17.9. The summed E-state index contributed by atoms with van der Waals surface area (Å²) >= 11 is 1.48. The molecule has 3 aromatic rings. The number of aromatic nitrogens is 1. The molecule has 0 atom stereocenters. The van der Waals surface area contributed by atoms with Crippen LogP contribution in [0, 0.1) is 13.8 Å². The molecule has 1 aromatic heterocycles. The lowest BCUT2D eigenvalue weighted by Gasteiger charge is -2.21. The molecule has 0 fully saturated rings. The molecule has 0 aliphatic heterocycles. The number of benzene rings is 2. The van der Waals surface area contributed by atoms with Crippen molar-refractivity contribution in [3.05, 3.63) is 57.9 Å². The summed E-state index contributed by atoms with van der Waals surface area (Å²) in [5, 5.41) is 0. The SMILES string of the molecule is CCCN(CCC)S(=O)(=O)c1ccc(C(=O)N=c2sc3c(C)ccc(C)c3n2C)cc1. The van der Waals surface area contributed by atoms with Gasteiger partial charge in [0.05, 0.1) is 15.1 Å². The first-order chi connectivity index (χ1) is 14.7. The molecule has 0 aliphatic carbocycles. The Bertz CT molecular complexity index is 1260. The van der Waals surface area contributed by atoms with Crippen LogP contribution in [0.2, 0.25) is 0 Å². The van der Waals surface area contributed by atoms with Gasteiger partial charge >= 0.3 is 0 Å². The topological polar surface area (TPSA) is 71.7 Å². The van der Waals surface area contributed by atoms with Gasteiger partial charge in [0.15, 0.2) is 4.80 Å². The van der Waals surface area contributed by atoms with Crippen LogP contribution in [0.15, 0.2) is 46.3 Å². The molecule has 1 amide bonds. The summed E-state index contributed by atoms with van der Waals surface area (Å²) in [6.07, 6.45) is 1.50. The van der Waals surface area contributed by atoms with E-state index in [4.69, 9.17) is 0 Å². The van der Waals surface area contributed by atoms with E-state index in [2.05, 4.69) is 17.1 Å². The highest BCUT2D eigenvalue weighted by atomic mass is 32.2. The summed E-state index contributed by atoms with van der Waals surface area (Å²) in [5.41, 5.74) is 3.72. The second-order valence-electron chi connectivity index (χ2n) is 7.67. The van der Waals surface area contributed by atoms with Crippen LogP contribution in [0.3, 0.4) is 0 Å². The number of rotatable bonds is 7. The molecule has 0 radical (unpaired) electrons. The number of aryl methyl sites for hydroxylation is 3. The maximum absolute atomic E-state index is 12.9. The number of hydrogen-bond acceptors (Lipinski definition) is 4. The summed E-state index contributed by atoms with van der Waals surface area (Å²) < 4.78 is 30.4. The van der Waals surface area contributed by atoms with Gasteiger partial charge < -0.3 is 4.57 Å². The molecule has 166 valence electrons. The van der Waals surface area contributed by atoms with Gasteiger partial charge in [0, 0.05) is 25.7 Å². The molecule has 0 saturated carbocycles. The van der Waals surface area contributed by atoms with Crippen molar-refractivity contribution in [1.29, 1.82) is 0 Å². The third-order valence-electron chi connectivity index (χ3n) is 5.23. The molecular weight excluding hydrogens is 430 g/mol. The summed E-state index contributed by atoms with van der Waals surface area (Å²) in [5.74, 6) is -0.389. The van der Waals surface area contributed by atoms with E-state index < -0.39 is 10.0 Å². The van der Waals surface area contributed by atoms with E-state index in [1.165, 1.54) is 27.8 Å². The van der Waals surface area contributed by atoms with Gasteiger partial charge in [0.1, 0.15) is 0 Å². The zero-order chi connectivity index (χ0) is 22.8. The first-order valence-electron chi connectivity index (χ1n) is 10.5. The quantitative estimate of drug-likeness (QED) is 0.525. The lowest BCUT2D eigenvalue weighted by Crippen LogP contribution is -2.32. The van der Waals surface area contributed by atoms with Crippen LogP contribution in [0.25, 0.3) is 10.2 Å². The summed E-state index contributed by atoms with van der Waals surface area (Å²) in [6, 6.07) is 10.2. The Labute approximate surface area is 187 Å². The van der Waals surface area contributed by atoms with E-state index in [1.54, 1.807) is 12.1 Å². The number of nitrogens with zero attached hydrogens (tertiary/aromatic N) is 3. The molecule has 3 rings (SSSR count). The second kappa shape index (κ2) is 9.46. The molecular formula is C23H29N3O3S2. The Hall–Kier alpha value is -2.29. The normalized spacial score (nSPS) is 12.8. The average molecular weight is 460 g/mol. The molecule has 0 aliphatic rings. The van der Waals surface area contributed by atoms with Crippen LogP contribution in [0.4, 0.5) is 0 Å². The largest absolute Gasteiger partial charge is 0.319 e.